The maximum atomic E-state index is 12.6. The molecular weight excluding hydrogens is 294 g/mol. The van der Waals surface area contributed by atoms with Crippen molar-refractivity contribution in [3.8, 4) is 0 Å². The molecule has 126 valence electrons. The Bertz CT molecular complexity index is 535. The fraction of sp³-hybridized carbons (Fsp3) is 0.611. The SMILES string of the molecule is COCO[C@@H]1C[C@H]2C[C@@H](c3ccccc3)[C@H](C(=O)OC)[C@@H]1N2C. The maximum Gasteiger partial charge on any atom is 0.310 e. The number of nitrogens with zero attached hydrogens (tertiary/aromatic N) is 1. The lowest BCUT2D eigenvalue weighted by molar-refractivity contribution is -0.154. The van der Waals surface area contributed by atoms with Gasteiger partial charge in [0.15, 0.2) is 0 Å². The van der Waals surface area contributed by atoms with Crippen LogP contribution < -0.4 is 0 Å². The highest BCUT2D eigenvalue weighted by molar-refractivity contribution is 5.75. The summed E-state index contributed by atoms with van der Waals surface area (Å²) in [4.78, 5) is 14.9. The highest BCUT2D eigenvalue weighted by Gasteiger charge is 2.54. The third kappa shape index (κ3) is 3.01. The van der Waals surface area contributed by atoms with E-state index in [9.17, 15) is 4.79 Å². The van der Waals surface area contributed by atoms with Crippen LogP contribution in [0.1, 0.15) is 24.3 Å². The van der Waals surface area contributed by atoms with Gasteiger partial charge in [-0.1, -0.05) is 30.3 Å². The molecule has 0 aromatic heterocycles. The molecule has 0 spiro atoms. The van der Waals surface area contributed by atoms with Crippen LogP contribution in [0.25, 0.3) is 0 Å². The van der Waals surface area contributed by atoms with Gasteiger partial charge >= 0.3 is 5.97 Å². The van der Waals surface area contributed by atoms with Gasteiger partial charge in [0.05, 0.1) is 19.1 Å². The highest BCUT2D eigenvalue weighted by atomic mass is 16.7. The van der Waals surface area contributed by atoms with Crippen molar-refractivity contribution in [2.24, 2.45) is 5.92 Å². The van der Waals surface area contributed by atoms with Crippen LogP contribution in [0.15, 0.2) is 30.3 Å². The van der Waals surface area contributed by atoms with Gasteiger partial charge in [-0.3, -0.25) is 9.69 Å². The van der Waals surface area contributed by atoms with Crippen LogP contribution in [-0.4, -0.2) is 57.1 Å². The first-order valence-electron chi connectivity index (χ1n) is 8.12. The number of ether oxygens (including phenoxy) is 3. The molecule has 3 rings (SSSR count). The third-order valence-electron chi connectivity index (χ3n) is 5.36. The lowest BCUT2D eigenvalue weighted by atomic mass is 9.76. The summed E-state index contributed by atoms with van der Waals surface area (Å²) in [5.74, 6) is -0.193. The Morgan fingerprint density at radius 2 is 1.96 bits per heavy atom. The molecule has 0 unspecified atom stereocenters. The average molecular weight is 319 g/mol. The molecule has 2 bridgehead atoms. The van der Waals surface area contributed by atoms with Crippen LogP contribution in [0.5, 0.6) is 0 Å². The zero-order valence-electron chi connectivity index (χ0n) is 14.0. The minimum Gasteiger partial charge on any atom is -0.469 e. The minimum atomic E-state index is -0.215. The summed E-state index contributed by atoms with van der Waals surface area (Å²) in [6, 6.07) is 10.7. The van der Waals surface area contributed by atoms with Crippen LogP contribution in [-0.2, 0) is 19.0 Å². The molecule has 2 aliphatic rings. The number of carbonyl (C=O) groups excluding carboxylic acids is 1. The molecule has 5 nitrogen and oxygen atoms in total. The summed E-state index contributed by atoms with van der Waals surface area (Å²) in [6.07, 6.45) is 1.88. The number of hydrogen-bond acceptors (Lipinski definition) is 5. The number of methoxy groups -OCH3 is 2. The molecule has 2 fully saturated rings. The molecule has 2 aliphatic heterocycles. The number of hydrogen-bond donors (Lipinski definition) is 0. The lowest BCUT2D eigenvalue weighted by Crippen LogP contribution is -2.52. The van der Waals surface area contributed by atoms with Crippen molar-refractivity contribution in [3.63, 3.8) is 0 Å². The molecule has 0 amide bonds. The molecular formula is C18H25NO4. The van der Waals surface area contributed by atoms with Gasteiger partial charge in [0.25, 0.3) is 0 Å². The van der Waals surface area contributed by atoms with Crippen molar-refractivity contribution < 1.29 is 19.0 Å². The predicted molar refractivity (Wildman–Crippen MR) is 86.0 cm³/mol. The fourth-order valence-electron chi connectivity index (χ4n) is 4.31. The van der Waals surface area contributed by atoms with E-state index < -0.39 is 0 Å². The summed E-state index contributed by atoms with van der Waals surface area (Å²) in [7, 11) is 5.18. The second-order valence-corrected chi connectivity index (χ2v) is 6.46. The zero-order valence-corrected chi connectivity index (χ0v) is 14.0. The van der Waals surface area contributed by atoms with Gasteiger partial charge < -0.3 is 14.2 Å². The second kappa shape index (κ2) is 6.99. The number of rotatable bonds is 5. The van der Waals surface area contributed by atoms with Crippen molar-refractivity contribution >= 4 is 5.97 Å². The van der Waals surface area contributed by atoms with Crippen LogP contribution >= 0.6 is 0 Å². The topological polar surface area (TPSA) is 48.0 Å². The zero-order chi connectivity index (χ0) is 16.4. The van der Waals surface area contributed by atoms with Crippen LogP contribution in [0.4, 0.5) is 0 Å². The van der Waals surface area contributed by atoms with E-state index >= 15 is 0 Å². The van der Waals surface area contributed by atoms with Gasteiger partial charge in [-0.2, -0.15) is 0 Å². The van der Waals surface area contributed by atoms with Crippen LogP contribution in [0, 0.1) is 5.92 Å². The van der Waals surface area contributed by atoms with E-state index in [0.717, 1.165) is 12.8 Å². The van der Waals surface area contributed by atoms with E-state index in [4.69, 9.17) is 14.2 Å². The van der Waals surface area contributed by atoms with E-state index in [-0.39, 0.29) is 36.7 Å². The Balaban J connectivity index is 1.92. The summed E-state index contributed by atoms with van der Waals surface area (Å²) in [6.45, 7) is 0.256. The van der Waals surface area contributed by atoms with E-state index in [0.29, 0.717) is 6.04 Å². The van der Waals surface area contributed by atoms with Crippen molar-refractivity contribution in [2.45, 2.75) is 36.9 Å². The Kier molecular flexibility index (Phi) is 4.99. The van der Waals surface area contributed by atoms with Crippen molar-refractivity contribution in [3.05, 3.63) is 35.9 Å². The molecule has 23 heavy (non-hydrogen) atoms. The molecule has 0 N–H and O–H groups in total. The Morgan fingerprint density at radius 3 is 2.61 bits per heavy atom. The molecule has 1 aromatic rings. The van der Waals surface area contributed by atoms with Crippen LogP contribution in [0.3, 0.4) is 0 Å². The minimum absolute atomic E-state index is 0.00256. The number of carbonyl (C=O) groups is 1. The Morgan fingerprint density at radius 1 is 1.22 bits per heavy atom. The van der Waals surface area contributed by atoms with Crippen LogP contribution in [0.2, 0.25) is 0 Å². The molecule has 2 heterocycles. The van der Waals surface area contributed by atoms with E-state index in [1.54, 1.807) is 7.11 Å². The van der Waals surface area contributed by atoms with E-state index in [1.807, 2.05) is 18.2 Å². The van der Waals surface area contributed by atoms with Crippen molar-refractivity contribution in [1.82, 2.24) is 4.90 Å². The number of benzene rings is 1. The van der Waals surface area contributed by atoms with Crippen molar-refractivity contribution in [2.75, 3.05) is 28.1 Å². The number of likely N-dealkylation sites (N-methyl/N-ethyl adjacent to an activating group) is 1. The normalized spacial score (nSPS) is 33.6. The monoisotopic (exact) mass is 319 g/mol. The quantitative estimate of drug-likeness (QED) is 0.614. The molecule has 5 atom stereocenters. The molecule has 2 saturated heterocycles. The molecule has 0 saturated carbocycles. The number of piperidine rings is 1. The largest absolute Gasteiger partial charge is 0.469 e. The first-order chi connectivity index (χ1) is 11.2. The van der Waals surface area contributed by atoms with Gasteiger partial charge in [0.2, 0.25) is 0 Å². The van der Waals surface area contributed by atoms with Gasteiger partial charge in [-0.25, -0.2) is 0 Å². The average Bonchev–Trinajstić information content (AvgIpc) is 2.79. The smallest absolute Gasteiger partial charge is 0.310 e. The van der Waals surface area contributed by atoms with E-state index in [2.05, 4.69) is 24.1 Å². The second-order valence-electron chi connectivity index (χ2n) is 6.46. The number of fused-ring (bicyclic) bond motifs is 2. The highest BCUT2D eigenvalue weighted by Crippen LogP contribution is 2.47. The third-order valence-corrected chi connectivity index (χ3v) is 5.36. The first kappa shape index (κ1) is 16.4. The summed E-state index contributed by atoms with van der Waals surface area (Å²) in [5.41, 5.74) is 1.21. The van der Waals surface area contributed by atoms with Gasteiger partial charge in [0, 0.05) is 25.1 Å². The predicted octanol–water partition coefficient (Wildman–Crippen LogP) is 2.02. The first-order valence-corrected chi connectivity index (χ1v) is 8.12. The molecule has 0 radical (unpaired) electrons. The van der Waals surface area contributed by atoms with Gasteiger partial charge in [-0.15, -0.1) is 0 Å². The standard InChI is InChI=1S/C18H25NO4/c1-19-13-9-14(12-7-5-4-6-8-12)16(18(20)22-3)17(19)15(10-13)23-11-21-2/h4-8,13-17H,9-11H2,1-3H3/t13-,14+,15-,16+,17-/m1/s1. The Hall–Kier alpha value is -1.43. The van der Waals surface area contributed by atoms with Crippen molar-refractivity contribution in [1.29, 1.82) is 0 Å². The fourth-order valence-corrected chi connectivity index (χ4v) is 4.31. The maximum absolute atomic E-state index is 12.6. The summed E-state index contributed by atoms with van der Waals surface area (Å²) < 4.78 is 16.1. The molecule has 5 heteroatoms. The number of esters is 1. The molecule has 0 aliphatic carbocycles. The van der Waals surface area contributed by atoms with E-state index in [1.165, 1.54) is 12.7 Å². The Labute approximate surface area is 137 Å². The lowest BCUT2D eigenvalue weighted by Gasteiger charge is -2.42. The van der Waals surface area contributed by atoms with Gasteiger partial charge in [-0.05, 0) is 25.5 Å². The molecule has 1 aromatic carbocycles. The summed E-state index contributed by atoms with van der Waals surface area (Å²) >= 11 is 0. The summed E-state index contributed by atoms with van der Waals surface area (Å²) in [5, 5.41) is 0. The van der Waals surface area contributed by atoms with Gasteiger partial charge in [0.1, 0.15) is 6.79 Å².